The lowest BCUT2D eigenvalue weighted by Crippen LogP contribution is -2.55. The molecule has 3 aliphatic rings. The van der Waals surface area contributed by atoms with Gasteiger partial charge >= 0.3 is 0 Å². The average Bonchev–Trinajstić information content (AvgIpc) is 3.65. The largest absolute Gasteiger partial charge is 0.337 e. The van der Waals surface area contributed by atoms with Gasteiger partial charge < -0.3 is 14.7 Å². The normalized spacial score (nSPS) is 23.2. The van der Waals surface area contributed by atoms with Gasteiger partial charge in [0.15, 0.2) is 0 Å². The molecule has 0 spiro atoms. The highest BCUT2D eigenvalue weighted by Gasteiger charge is 2.36. The van der Waals surface area contributed by atoms with Crippen LogP contribution in [0, 0.1) is 0 Å². The van der Waals surface area contributed by atoms with Gasteiger partial charge in [0, 0.05) is 35.6 Å². The van der Waals surface area contributed by atoms with Crippen molar-refractivity contribution < 1.29 is 18.0 Å². The Hall–Kier alpha value is -1.98. The maximum Gasteiger partial charge on any atom is 0.250 e. The maximum absolute atomic E-state index is 13.2. The molecule has 11 heteroatoms. The van der Waals surface area contributed by atoms with E-state index < -0.39 is 16.1 Å². The van der Waals surface area contributed by atoms with Gasteiger partial charge in [-0.2, -0.15) is 4.72 Å². The number of halogens is 1. The summed E-state index contributed by atoms with van der Waals surface area (Å²) in [6.07, 6.45) is 5.47. The van der Waals surface area contributed by atoms with Crippen molar-refractivity contribution in [3.8, 4) is 10.4 Å². The summed E-state index contributed by atoms with van der Waals surface area (Å²) in [7, 11) is -3.88. The number of benzene rings is 1. The molecule has 5 rings (SSSR count). The number of carbonyl (C=O) groups excluding carboxylic acids is 2. The number of amides is 2. The molecule has 1 aromatic carbocycles. The SMILES string of the molecule is O=C1[C@@H](NS(=O)(=O)c2ccc(-c3ccc(Cl)cc3)s2)CCCN1CC(=O)N1CCC[C@H]1CN1CCCC1. The first-order valence-electron chi connectivity index (χ1n) is 13.0. The van der Waals surface area contributed by atoms with Gasteiger partial charge in [0.1, 0.15) is 10.3 Å². The first-order valence-corrected chi connectivity index (χ1v) is 15.7. The molecule has 3 saturated heterocycles. The predicted octanol–water partition coefficient (Wildman–Crippen LogP) is 3.42. The van der Waals surface area contributed by atoms with Gasteiger partial charge in [-0.1, -0.05) is 23.7 Å². The predicted molar refractivity (Wildman–Crippen MR) is 145 cm³/mol. The Morgan fingerprint density at radius 3 is 2.46 bits per heavy atom. The first-order chi connectivity index (χ1) is 17.8. The fourth-order valence-electron chi connectivity index (χ4n) is 5.56. The van der Waals surface area contributed by atoms with E-state index in [1.807, 2.05) is 17.0 Å². The quantitative estimate of drug-likeness (QED) is 0.530. The van der Waals surface area contributed by atoms with E-state index in [0.29, 0.717) is 24.4 Å². The molecule has 0 bridgehead atoms. The molecular weight excluding hydrogens is 532 g/mol. The van der Waals surface area contributed by atoms with Crippen LogP contribution in [-0.4, -0.2) is 86.3 Å². The summed E-state index contributed by atoms with van der Waals surface area (Å²) >= 11 is 7.10. The lowest BCUT2D eigenvalue weighted by atomic mass is 10.1. The van der Waals surface area contributed by atoms with Crippen molar-refractivity contribution in [2.45, 2.75) is 54.8 Å². The molecule has 1 N–H and O–H groups in total. The summed E-state index contributed by atoms with van der Waals surface area (Å²) in [6, 6.07) is 9.85. The van der Waals surface area contributed by atoms with Crippen LogP contribution in [0.25, 0.3) is 10.4 Å². The standard InChI is InChI=1S/C26H33ClN4O4S2/c27-20-9-7-19(8-10-20)23-11-12-25(36-23)37(34,35)28-22-6-4-15-30(26(22)33)18-24(32)31-16-3-5-21(31)17-29-13-1-2-14-29/h7-12,21-22,28H,1-6,13-18H2/t21-,22-/m0/s1. The topological polar surface area (TPSA) is 90.0 Å². The van der Waals surface area contributed by atoms with E-state index in [2.05, 4.69) is 9.62 Å². The van der Waals surface area contributed by atoms with Crippen LogP contribution >= 0.6 is 22.9 Å². The fraction of sp³-hybridized carbons (Fsp3) is 0.538. The van der Waals surface area contributed by atoms with E-state index in [1.165, 1.54) is 17.7 Å². The van der Waals surface area contributed by atoms with E-state index in [1.54, 1.807) is 24.3 Å². The highest BCUT2D eigenvalue weighted by atomic mass is 35.5. The summed E-state index contributed by atoms with van der Waals surface area (Å²) < 4.78 is 29.0. The van der Waals surface area contributed by atoms with Gasteiger partial charge in [0.2, 0.25) is 11.8 Å². The van der Waals surface area contributed by atoms with Crippen molar-refractivity contribution in [3.63, 3.8) is 0 Å². The number of thiophene rings is 1. The second-order valence-corrected chi connectivity index (χ2v) is 13.6. The molecule has 1 aromatic heterocycles. The minimum atomic E-state index is -3.88. The summed E-state index contributed by atoms with van der Waals surface area (Å²) in [6.45, 7) is 4.29. The summed E-state index contributed by atoms with van der Waals surface area (Å²) in [5.74, 6) is -0.364. The highest BCUT2D eigenvalue weighted by Crippen LogP contribution is 2.32. The molecule has 0 radical (unpaired) electrons. The third-order valence-corrected chi connectivity index (χ3v) is 10.8. The monoisotopic (exact) mass is 564 g/mol. The Morgan fingerprint density at radius 1 is 0.973 bits per heavy atom. The number of piperidine rings is 1. The number of hydrogen-bond acceptors (Lipinski definition) is 6. The number of nitrogens with one attached hydrogen (secondary N) is 1. The minimum absolute atomic E-state index is 0.00722. The van der Waals surface area contributed by atoms with Crippen LogP contribution in [0.1, 0.15) is 38.5 Å². The number of likely N-dealkylation sites (tertiary alicyclic amines) is 3. The van der Waals surface area contributed by atoms with Crippen molar-refractivity contribution in [3.05, 3.63) is 41.4 Å². The molecule has 4 heterocycles. The van der Waals surface area contributed by atoms with Crippen LogP contribution in [0.15, 0.2) is 40.6 Å². The van der Waals surface area contributed by atoms with Crippen molar-refractivity contribution in [1.82, 2.24) is 19.4 Å². The Kier molecular flexibility index (Phi) is 8.21. The molecule has 200 valence electrons. The highest BCUT2D eigenvalue weighted by molar-refractivity contribution is 7.91. The summed E-state index contributed by atoms with van der Waals surface area (Å²) in [5, 5.41) is 0.612. The van der Waals surface area contributed by atoms with Crippen molar-refractivity contribution in [2.24, 2.45) is 0 Å². The molecule has 0 unspecified atom stereocenters. The second kappa shape index (κ2) is 11.4. The van der Waals surface area contributed by atoms with Crippen LogP contribution in [-0.2, 0) is 19.6 Å². The maximum atomic E-state index is 13.2. The smallest absolute Gasteiger partial charge is 0.250 e. The van der Waals surface area contributed by atoms with E-state index >= 15 is 0 Å². The minimum Gasteiger partial charge on any atom is -0.337 e. The average molecular weight is 565 g/mol. The molecule has 2 atom stereocenters. The molecule has 3 fully saturated rings. The van der Waals surface area contributed by atoms with Crippen LogP contribution < -0.4 is 4.72 Å². The molecule has 2 amide bonds. The molecule has 0 aliphatic carbocycles. The summed E-state index contributed by atoms with van der Waals surface area (Å²) in [4.78, 5) is 33.1. The van der Waals surface area contributed by atoms with Crippen LogP contribution in [0.5, 0.6) is 0 Å². The van der Waals surface area contributed by atoms with Crippen LogP contribution in [0.2, 0.25) is 5.02 Å². The van der Waals surface area contributed by atoms with Crippen molar-refractivity contribution >= 4 is 44.8 Å². The third-order valence-electron chi connectivity index (χ3n) is 7.49. The Bertz CT molecular complexity index is 1230. The fourth-order valence-corrected chi connectivity index (χ4v) is 8.23. The number of carbonyl (C=O) groups is 2. The van der Waals surface area contributed by atoms with Crippen LogP contribution in [0.4, 0.5) is 0 Å². The van der Waals surface area contributed by atoms with Crippen LogP contribution in [0.3, 0.4) is 0 Å². The van der Waals surface area contributed by atoms with E-state index in [9.17, 15) is 18.0 Å². The molecule has 2 aromatic rings. The third kappa shape index (κ3) is 6.20. The zero-order valence-corrected chi connectivity index (χ0v) is 23.2. The summed E-state index contributed by atoms with van der Waals surface area (Å²) in [5.41, 5.74) is 0.874. The lowest BCUT2D eigenvalue weighted by molar-refractivity contribution is -0.143. The number of nitrogens with zero attached hydrogens (tertiary/aromatic N) is 3. The van der Waals surface area contributed by atoms with Gasteiger partial charge in [-0.15, -0.1) is 11.3 Å². The van der Waals surface area contributed by atoms with Crippen molar-refractivity contribution in [2.75, 3.05) is 39.3 Å². The van der Waals surface area contributed by atoms with E-state index in [-0.39, 0.29) is 28.6 Å². The molecule has 37 heavy (non-hydrogen) atoms. The Labute approximate surface area is 227 Å². The molecular formula is C26H33ClN4O4S2. The van der Waals surface area contributed by atoms with Crippen molar-refractivity contribution in [1.29, 1.82) is 0 Å². The molecule has 0 saturated carbocycles. The zero-order chi connectivity index (χ0) is 26.0. The molecule has 8 nitrogen and oxygen atoms in total. The first kappa shape index (κ1) is 26.6. The lowest BCUT2D eigenvalue weighted by Gasteiger charge is -2.34. The zero-order valence-electron chi connectivity index (χ0n) is 20.8. The molecule has 3 aliphatic heterocycles. The van der Waals surface area contributed by atoms with E-state index in [0.717, 1.165) is 60.8 Å². The van der Waals surface area contributed by atoms with Gasteiger partial charge in [-0.05, 0) is 81.4 Å². The number of rotatable bonds is 8. The number of sulfonamides is 1. The van der Waals surface area contributed by atoms with E-state index in [4.69, 9.17) is 11.6 Å². The Morgan fingerprint density at radius 2 is 1.70 bits per heavy atom. The van der Waals surface area contributed by atoms with Gasteiger partial charge in [-0.25, -0.2) is 8.42 Å². The van der Waals surface area contributed by atoms with Gasteiger partial charge in [-0.3, -0.25) is 9.59 Å². The van der Waals surface area contributed by atoms with Gasteiger partial charge in [0.05, 0.1) is 6.54 Å². The number of hydrogen-bond donors (Lipinski definition) is 1. The second-order valence-electron chi connectivity index (χ2n) is 10.1. The Balaban J connectivity index is 1.20. The van der Waals surface area contributed by atoms with Gasteiger partial charge in [0.25, 0.3) is 10.0 Å².